The molecule has 56 heavy (non-hydrogen) atoms. The lowest BCUT2D eigenvalue weighted by molar-refractivity contribution is -0.140. The fraction of sp³-hybridized carbons (Fsp3) is 0.667. The standard InChI is InChI=1S/C39H64N8O8S/c1-4-5-14-28(35(51)41-21-19-27-12-7-6-8-13-27)45-39(55)32-16-11-22-47(32)34(50)23-42-36(52)29(15-9-10-20-40)44-38(54)31(25-56)46-37(53)30(24-48)43-33(49)18-17-26(2)3/h6-8,12-13,26,28-32,48,56H,4-5,9-11,14-25,40H2,1-3H3,(H,41,51)(H,42,52)(H,43,49)(H,44,54)(H,45,55)(H,46,53)/t28-,29+,30+,31+,32+/m1/s1. The fourth-order valence-electron chi connectivity index (χ4n) is 6.15. The number of nitrogens with zero attached hydrogens (tertiary/aromatic N) is 1. The predicted molar refractivity (Wildman–Crippen MR) is 216 cm³/mol. The second-order valence-electron chi connectivity index (χ2n) is 14.5. The summed E-state index contributed by atoms with van der Waals surface area (Å²) in [5.41, 5.74) is 6.72. The highest BCUT2D eigenvalue weighted by molar-refractivity contribution is 7.80. The second-order valence-corrected chi connectivity index (χ2v) is 14.9. The van der Waals surface area contributed by atoms with E-state index in [9.17, 15) is 38.7 Å². The summed E-state index contributed by atoms with van der Waals surface area (Å²) in [5.74, 6) is -3.69. The average molecular weight is 805 g/mol. The Morgan fingerprint density at radius 3 is 2.11 bits per heavy atom. The van der Waals surface area contributed by atoms with E-state index >= 15 is 0 Å². The summed E-state index contributed by atoms with van der Waals surface area (Å²) in [6.45, 7) is 5.83. The van der Waals surface area contributed by atoms with Gasteiger partial charge in [0.25, 0.3) is 0 Å². The summed E-state index contributed by atoms with van der Waals surface area (Å²) < 4.78 is 0. The minimum absolute atomic E-state index is 0.153. The van der Waals surface area contributed by atoms with E-state index in [4.69, 9.17) is 5.73 Å². The first-order chi connectivity index (χ1) is 26.8. The Labute approximate surface area is 336 Å². The van der Waals surface area contributed by atoms with Crippen LogP contribution in [0.15, 0.2) is 30.3 Å². The first-order valence-corrected chi connectivity index (χ1v) is 20.5. The Morgan fingerprint density at radius 1 is 0.821 bits per heavy atom. The van der Waals surface area contributed by atoms with Crippen molar-refractivity contribution in [2.45, 2.75) is 122 Å². The number of rotatable bonds is 26. The van der Waals surface area contributed by atoms with Crippen molar-refractivity contribution in [3.05, 3.63) is 35.9 Å². The number of nitrogens with two attached hydrogens (primary N) is 1. The quantitative estimate of drug-likeness (QED) is 0.0454. The molecular formula is C39H64N8O8S. The van der Waals surface area contributed by atoms with E-state index in [1.807, 2.05) is 51.1 Å². The number of carbonyl (C=O) groups is 7. The minimum Gasteiger partial charge on any atom is -0.394 e. The third kappa shape index (κ3) is 17.3. The molecule has 9 N–H and O–H groups in total. The highest BCUT2D eigenvalue weighted by Crippen LogP contribution is 2.18. The summed E-state index contributed by atoms with van der Waals surface area (Å²) >= 11 is 4.19. The zero-order chi connectivity index (χ0) is 41.5. The Kier molecular flexibility index (Phi) is 22.8. The van der Waals surface area contributed by atoms with E-state index in [1.54, 1.807) is 0 Å². The number of hydrogen-bond acceptors (Lipinski definition) is 10. The average Bonchev–Trinajstić information content (AvgIpc) is 3.69. The van der Waals surface area contributed by atoms with Gasteiger partial charge in [0.15, 0.2) is 0 Å². The molecule has 1 aliphatic rings. The molecule has 0 spiro atoms. The summed E-state index contributed by atoms with van der Waals surface area (Å²) in [6.07, 6.45) is 5.59. The molecule has 1 heterocycles. The molecule has 1 aromatic carbocycles. The number of thiol groups is 1. The number of hydrogen-bond donors (Lipinski definition) is 9. The van der Waals surface area contributed by atoms with Crippen molar-refractivity contribution in [2.75, 3.05) is 38.5 Å². The molecule has 7 amide bonds. The zero-order valence-electron chi connectivity index (χ0n) is 33.1. The number of carbonyl (C=O) groups excluding carboxylic acids is 7. The van der Waals surface area contributed by atoms with Gasteiger partial charge in [-0.25, -0.2) is 0 Å². The van der Waals surface area contributed by atoms with Crippen molar-refractivity contribution in [2.24, 2.45) is 11.7 Å². The van der Waals surface area contributed by atoms with Crippen molar-refractivity contribution in [3.8, 4) is 0 Å². The maximum Gasteiger partial charge on any atom is 0.245 e. The monoisotopic (exact) mass is 804 g/mol. The normalized spacial score (nSPS) is 15.9. The van der Waals surface area contributed by atoms with Crippen LogP contribution < -0.4 is 37.6 Å². The number of benzene rings is 1. The van der Waals surface area contributed by atoms with Crippen molar-refractivity contribution in [1.82, 2.24) is 36.8 Å². The molecule has 0 aromatic heterocycles. The van der Waals surface area contributed by atoms with Gasteiger partial charge in [-0.05, 0) is 69.4 Å². The number of aliphatic hydroxyl groups is 1. The summed E-state index contributed by atoms with van der Waals surface area (Å²) in [5, 5.41) is 25.7. The second kappa shape index (κ2) is 26.6. The van der Waals surface area contributed by atoms with E-state index in [0.29, 0.717) is 64.6 Å². The van der Waals surface area contributed by atoms with Crippen LogP contribution in [-0.4, -0.2) is 120 Å². The van der Waals surface area contributed by atoms with Crippen molar-refractivity contribution < 1.29 is 38.7 Å². The van der Waals surface area contributed by atoms with Gasteiger partial charge in [-0.3, -0.25) is 33.6 Å². The van der Waals surface area contributed by atoms with Gasteiger partial charge in [0.05, 0.1) is 13.2 Å². The maximum absolute atomic E-state index is 13.5. The van der Waals surface area contributed by atoms with Gasteiger partial charge in [-0.1, -0.05) is 63.9 Å². The molecule has 0 saturated carbocycles. The Hall–Kier alpha value is -4.22. The van der Waals surface area contributed by atoms with Gasteiger partial charge < -0.3 is 47.6 Å². The van der Waals surface area contributed by atoms with Gasteiger partial charge in [0.2, 0.25) is 41.4 Å². The van der Waals surface area contributed by atoms with Crippen LogP contribution in [0.1, 0.15) is 90.5 Å². The molecule has 16 nitrogen and oxygen atoms in total. The number of likely N-dealkylation sites (tertiary alicyclic amines) is 1. The van der Waals surface area contributed by atoms with Crippen LogP contribution in [0.4, 0.5) is 0 Å². The van der Waals surface area contributed by atoms with Crippen LogP contribution in [-0.2, 0) is 40.0 Å². The summed E-state index contributed by atoms with van der Waals surface area (Å²) in [6, 6.07) is 4.56. The molecule has 0 aliphatic carbocycles. The molecule has 1 fully saturated rings. The lowest BCUT2D eigenvalue weighted by Gasteiger charge is -2.27. The number of nitrogens with one attached hydrogen (secondary N) is 6. The Bertz CT molecular complexity index is 1420. The summed E-state index contributed by atoms with van der Waals surface area (Å²) in [4.78, 5) is 93.2. The Morgan fingerprint density at radius 2 is 1.46 bits per heavy atom. The zero-order valence-corrected chi connectivity index (χ0v) is 34.0. The number of unbranched alkanes of at least 4 members (excludes halogenated alkanes) is 2. The number of aliphatic hydroxyl groups excluding tert-OH is 1. The van der Waals surface area contributed by atoms with Crippen LogP contribution in [0.2, 0.25) is 0 Å². The van der Waals surface area contributed by atoms with Crippen molar-refractivity contribution in [1.29, 1.82) is 0 Å². The molecule has 1 saturated heterocycles. The molecule has 0 bridgehead atoms. The Balaban J connectivity index is 2.00. The highest BCUT2D eigenvalue weighted by atomic mass is 32.1. The number of amides is 7. The topological polar surface area (TPSA) is 241 Å². The van der Waals surface area contributed by atoms with Crippen LogP contribution in [0, 0.1) is 5.92 Å². The SMILES string of the molecule is CCCC[C@@H](NC(=O)[C@@H]1CCCN1C(=O)CNC(=O)[C@H](CCCCN)NC(=O)[C@H](CS)NC(=O)[C@H](CO)NC(=O)CCC(C)C)C(=O)NCCc1ccccc1. The van der Waals surface area contributed by atoms with Crippen LogP contribution in [0.25, 0.3) is 0 Å². The molecule has 5 atom stereocenters. The molecule has 0 radical (unpaired) electrons. The highest BCUT2D eigenvalue weighted by Gasteiger charge is 2.36. The molecule has 2 rings (SSSR count). The van der Waals surface area contributed by atoms with E-state index in [-0.39, 0.29) is 30.4 Å². The largest absolute Gasteiger partial charge is 0.394 e. The predicted octanol–water partition coefficient (Wildman–Crippen LogP) is 0.0692. The van der Waals surface area contributed by atoms with E-state index in [2.05, 4.69) is 44.5 Å². The van der Waals surface area contributed by atoms with Gasteiger partial charge >= 0.3 is 0 Å². The van der Waals surface area contributed by atoms with Gasteiger partial charge in [-0.2, -0.15) is 12.6 Å². The van der Waals surface area contributed by atoms with E-state index < -0.39 is 78.8 Å². The molecule has 1 aliphatic heterocycles. The van der Waals surface area contributed by atoms with Crippen LogP contribution in [0.3, 0.4) is 0 Å². The maximum atomic E-state index is 13.5. The van der Waals surface area contributed by atoms with E-state index in [0.717, 1.165) is 18.4 Å². The molecule has 17 heteroatoms. The van der Waals surface area contributed by atoms with Gasteiger partial charge in [-0.15, -0.1) is 0 Å². The van der Waals surface area contributed by atoms with Crippen molar-refractivity contribution >= 4 is 54.0 Å². The first kappa shape index (κ1) is 47.9. The lowest BCUT2D eigenvalue weighted by Crippen LogP contribution is -2.58. The molecule has 1 aromatic rings. The van der Waals surface area contributed by atoms with Crippen LogP contribution in [0.5, 0.6) is 0 Å². The lowest BCUT2D eigenvalue weighted by atomic mass is 10.1. The fourth-order valence-corrected chi connectivity index (χ4v) is 6.41. The third-order valence-electron chi connectivity index (χ3n) is 9.50. The molecular weight excluding hydrogens is 741 g/mol. The first-order valence-electron chi connectivity index (χ1n) is 19.9. The van der Waals surface area contributed by atoms with E-state index in [1.165, 1.54) is 4.90 Å². The molecule has 314 valence electrons. The van der Waals surface area contributed by atoms with Gasteiger partial charge in [0.1, 0.15) is 30.2 Å². The van der Waals surface area contributed by atoms with Crippen LogP contribution >= 0.6 is 12.6 Å². The molecule has 0 unspecified atom stereocenters. The van der Waals surface area contributed by atoms with Gasteiger partial charge in [0, 0.05) is 25.3 Å². The van der Waals surface area contributed by atoms with Crippen molar-refractivity contribution in [3.63, 3.8) is 0 Å². The third-order valence-corrected chi connectivity index (χ3v) is 9.87. The smallest absolute Gasteiger partial charge is 0.245 e. The summed E-state index contributed by atoms with van der Waals surface area (Å²) in [7, 11) is 0. The minimum atomic E-state index is -1.29.